The maximum Gasteiger partial charge on any atom is 0.294 e. The fourth-order valence-electron chi connectivity index (χ4n) is 2.79. The van der Waals surface area contributed by atoms with Gasteiger partial charge in [0.1, 0.15) is 6.10 Å². The van der Waals surface area contributed by atoms with Gasteiger partial charge in [-0.3, -0.25) is 4.79 Å². The van der Waals surface area contributed by atoms with Crippen LogP contribution in [0.1, 0.15) is 34.1 Å². The van der Waals surface area contributed by atoms with Crippen molar-refractivity contribution in [2.24, 2.45) is 11.7 Å². The van der Waals surface area contributed by atoms with E-state index in [9.17, 15) is 20.1 Å². The van der Waals surface area contributed by atoms with Gasteiger partial charge in [0.25, 0.3) is 5.09 Å². The number of piperidine rings is 1. The van der Waals surface area contributed by atoms with Crippen LogP contribution >= 0.6 is 0 Å². The van der Waals surface area contributed by atoms with Gasteiger partial charge in [0.15, 0.2) is 0 Å². The Morgan fingerprint density at radius 3 is 2.33 bits per heavy atom. The minimum Gasteiger partial charge on any atom is -0.784 e. The molecule has 1 fully saturated rings. The van der Waals surface area contributed by atoms with Gasteiger partial charge in [-0.15, -0.1) is 10.1 Å². The van der Waals surface area contributed by atoms with Crippen molar-refractivity contribution in [2.75, 3.05) is 0 Å². The largest absolute Gasteiger partial charge is 0.784 e. The van der Waals surface area contributed by atoms with E-state index in [2.05, 4.69) is 4.84 Å². The van der Waals surface area contributed by atoms with E-state index < -0.39 is 34.1 Å². The second-order valence-corrected chi connectivity index (χ2v) is 5.71. The molecule has 8 nitrogen and oxygen atoms in total. The normalized spacial score (nSPS) is 30.7. The number of hydroxylamine groups is 2. The van der Waals surface area contributed by atoms with E-state index in [1.165, 1.54) is 13.8 Å². The van der Waals surface area contributed by atoms with Crippen LogP contribution in [0.5, 0.6) is 0 Å². The first kappa shape index (κ1) is 14.7. The second kappa shape index (κ2) is 4.36. The molecule has 1 saturated heterocycles. The van der Waals surface area contributed by atoms with E-state index in [-0.39, 0.29) is 6.42 Å². The first-order chi connectivity index (χ1) is 8.00. The molecule has 1 rings (SSSR count). The van der Waals surface area contributed by atoms with Crippen LogP contribution in [0.4, 0.5) is 0 Å². The highest BCUT2D eigenvalue weighted by Gasteiger charge is 2.51. The molecular weight excluding hydrogens is 242 g/mol. The Labute approximate surface area is 105 Å². The van der Waals surface area contributed by atoms with Crippen molar-refractivity contribution in [3.63, 3.8) is 0 Å². The third-order valence-electron chi connectivity index (χ3n) is 3.43. The summed E-state index contributed by atoms with van der Waals surface area (Å²) in [4.78, 5) is 26.5. The molecule has 1 aliphatic rings. The lowest BCUT2D eigenvalue weighted by molar-refractivity contribution is -0.771. The van der Waals surface area contributed by atoms with Crippen LogP contribution in [0.15, 0.2) is 0 Å². The predicted molar refractivity (Wildman–Crippen MR) is 62.5 cm³/mol. The van der Waals surface area contributed by atoms with E-state index in [0.717, 1.165) is 5.06 Å². The molecule has 0 spiro atoms. The molecule has 0 saturated carbocycles. The fraction of sp³-hybridized carbons (Fsp3) is 0.900. The average molecular weight is 260 g/mol. The highest BCUT2D eigenvalue weighted by atomic mass is 17.0. The van der Waals surface area contributed by atoms with Gasteiger partial charge >= 0.3 is 0 Å². The zero-order chi connectivity index (χ0) is 14.3. The molecular formula is C10H18N3O5-. The highest BCUT2D eigenvalue weighted by molar-refractivity contribution is 5.79. The second-order valence-electron chi connectivity index (χ2n) is 5.71. The van der Waals surface area contributed by atoms with Gasteiger partial charge < -0.3 is 20.8 Å². The zero-order valence-electron chi connectivity index (χ0n) is 10.9. The van der Waals surface area contributed by atoms with Crippen molar-refractivity contribution < 1.29 is 14.7 Å². The van der Waals surface area contributed by atoms with Crippen LogP contribution in [0.2, 0.25) is 0 Å². The fourth-order valence-corrected chi connectivity index (χ4v) is 2.79. The number of hydrogen-bond acceptors (Lipinski definition) is 6. The van der Waals surface area contributed by atoms with Crippen LogP contribution in [0.3, 0.4) is 0 Å². The summed E-state index contributed by atoms with van der Waals surface area (Å²) in [6, 6.07) is 0. The number of amides is 1. The predicted octanol–water partition coefficient (Wildman–Crippen LogP) is 0.425. The summed E-state index contributed by atoms with van der Waals surface area (Å²) in [6.45, 7) is 6.36. The smallest absolute Gasteiger partial charge is 0.294 e. The average Bonchev–Trinajstić information content (AvgIpc) is 2.11. The van der Waals surface area contributed by atoms with E-state index in [1.807, 2.05) is 0 Å². The van der Waals surface area contributed by atoms with E-state index >= 15 is 0 Å². The first-order valence-corrected chi connectivity index (χ1v) is 5.58. The number of primary amides is 1. The third-order valence-corrected chi connectivity index (χ3v) is 3.43. The van der Waals surface area contributed by atoms with Crippen LogP contribution < -0.4 is 5.73 Å². The molecule has 0 radical (unpaired) electrons. The lowest BCUT2D eigenvalue weighted by Crippen LogP contribution is -2.67. The topological polar surface area (TPSA) is 122 Å². The van der Waals surface area contributed by atoms with Crippen LogP contribution in [-0.2, 0) is 9.63 Å². The Morgan fingerprint density at radius 2 is 1.94 bits per heavy atom. The molecule has 0 bridgehead atoms. The molecule has 2 unspecified atom stereocenters. The van der Waals surface area contributed by atoms with E-state index in [0.29, 0.717) is 0 Å². The Balaban J connectivity index is 3.16. The summed E-state index contributed by atoms with van der Waals surface area (Å²) in [5.74, 6) is -1.81. The number of hydrogen-bond donors (Lipinski definition) is 1. The molecule has 0 aliphatic carbocycles. The summed E-state index contributed by atoms with van der Waals surface area (Å²) < 4.78 is 0. The molecule has 104 valence electrons. The van der Waals surface area contributed by atoms with Gasteiger partial charge in [0.05, 0.1) is 5.92 Å². The minimum atomic E-state index is -1.16. The van der Waals surface area contributed by atoms with Crippen LogP contribution in [-0.4, -0.2) is 33.2 Å². The third kappa shape index (κ3) is 2.39. The maximum absolute atomic E-state index is 12.2. The van der Waals surface area contributed by atoms with Crippen LogP contribution in [0.25, 0.3) is 0 Å². The van der Waals surface area contributed by atoms with Gasteiger partial charge in [0.2, 0.25) is 5.91 Å². The zero-order valence-corrected chi connectivity index (χ0v) is 10.9. The molecule has 0 aromatic heterocycles. The monoisotopic (exact) mass is 260 g/mol. The van der Waals surface area contributed by atoms with Crippen molar-refractivity contribution in [1.82, 2.24) is 5.06 Å². The van der Waals surface area contributed by atoms with Gasteiger partial charge in [-0.05, 0) is 34.1 Å². The van der Waals surface area contributed by atoms with Gasteiger partial charge in [0, 0.05) is 11.1 Å². The quantitative estimate of drug-likeness (QED) is 0.579. The first-order valence-electron chi connectivity index (χ1n) is 5.58. The molecule has 0 aromatic carbocycles. The molecule has 1 aliphatic heterocycles. The summed E-state index contributed by atoms with van der Waals surface area (Å²) >= 11 is 0. The summed E-state index contributed by atoms with van der Waals surface area (Å²) in [5.41, 5.74) is 3.23. The minimum absolute atomic E-state index is 0.0640. The van der Waals surface area contributed by atoms with Crippen molar-refractivity contribution in [2.45, 2.75) is 51.3 Å². The summed E-state index contributed by atoms with van der Waals surface area (Å²) in [5, 5.41) is 22.5. The summed E-state index contributed by atoms with van der Waals surface area (Å²) in [6.07, 6.45) is -0.943. The number of rotatable bonds is 3. The summed E-state index contributed by atoms with van der Waals surface area (Å²) in [7, 11) is 0. The highest BCUT2D eigenvalue weighted by Crippen LogP contribution is 2.42. The molecule has 2 atom stereocenters. The van der Waals surface area contributed by atoms with Crippen LogP contribution in [0, 0.1) is 21.2 Å². The Morgan fingerprint density at radius 1 is 1.44 bits per heavy atom. The molecule has 1 amide bonds. The van der Waals surface area contributed by atoms with Crippen molar-refractivity contribution in [1.29, 1.82) is 0 Å². The lowest BCUT2D eigenvalue weighted by Gasteiger charge is -2.61. The SMILES string of the molecule is CC1(C)CC(O[N+](=O)[O-])C(C(N)=O)C(C)(C)N1[O-]. The standard InChI is InChI=1S/C10H18N3O5/c1-9(2)5-6(18-13(16)17)7(8(11)14)10(3,4)12(9)15/h6-7H,5H2,1-4H3,(H2,11,14)/q-1. The Bertz CT molecular complexity index is 369. The van der Waals surface area contributed by atoms with Crippen molar-refractivity contribution >= 4 is 5.91 Å². The van der Waals surface area contributed by atoms with Gasteiger partial charge in [-0.25, -0.2) is 0 Å². The maximum atomic E-state index is 12.2. The molecule has 0 aromatic rings. The number of nitrogens with two attached hydrogens (primary N) is 1. The van der Waals surface area contributed by atoms with E-state index in [1.54, 1.807) is 13.8 Å². The van der Waals surface area contributed by atoms with E-state index in [4.69, 9.17) is 5.73 Å². The van der Waals surface area contributed by atoms with Gasteiger partial charge in [-0.2, -0.15) is 0 Å². The number of nitrogens with zero attached hydrogens (tertiary/aromatic N) is 2. The molecule has 1 heterocycles. The molecule has 18 heavy (non-hydrogen) atoms. The van der Waals surface area contributed by atoms with Crippen molar-refractivity contribution in [3.8, 4) is 0 Å². The molecule has 8 heteroatoms. The number of carbonyl (C=O) groups excluding carboxylic acids is 1. The Kier molecular flexibility index (Phi) is 3.55. The number of carbonyl (C=O) groups is 1. The van der Waals surface area contributed by atoms with Gasteiger partial charge in [-0.1, -0.05) is 0 Å². The lowest BCUT2D eigenvalue weighted by atomic mass is 9.72. The molecule has 2 N–H and O–H groups in total. The van der Waals surface area contributed by atoms with Crippen molar-refractivity contribution in [3.05, 3.63) is 15.3 Å². The Hall–Kier alpha value is -1.41.